The molecule has 0 aliphatic carbocycles. The summed E-state index contributed by atoms with van der Waals surface area (Å²) in [6.07, 6.45) is 2.60. The second-order valence-electron chi connectivity index (χ2n) is 5.49. The number of benzene rings is 1. The molecule has 1 saturated heterocycles. The summed E-state index contributed by atoms with van der Waals surface area (Å²) in [5.74, 6) is 0. The minimum Gasteiger partial charge on any atom is -0.331 e. The molecule has 102 valence electrons. The Morgan fingerprint density at radius 1 is 1.42 bits per heavy atom. The van der Waals surface area contributed by atoms with Crippen molar-refractivity contribution in [2.75, 3.05) is 13.1 Å². The van der Waals surface area contributed by atoms with Crippen LogP contribution in [0.2, 0.25) is 0 Å². The Hall–Kier alpha value is -1.13. The maximum absolute atomic E-state index is 5.49. The minimum atomic E-state index is 0.635. The third kappa shape index (κ3) is 2.35. The van der Waals surface area contributed by atoms with Crippen LogP contribution in [-0.4, -0.2) is 33.6 Å². The number of aromatic nitrogens is 2. The maximum atomic E-state index is 5.49. The van der Waals surface area contributed by atoms with E-state index in [4.69, 9.17) is 12.2 Å². The van der Waals surface area contributed by atoms with E-state index >= 15 is 0 Å². The highest BCUT2D eigenvalue weighted by Gasteiger charge is 2.23. The van der Waals surface area contributed by atoms with Gasteiger partial charge in [-0.15, -0.1) is 0 Å². The predicted molar refractivity (Wildman–Crippen MR) is 82.1 cm³/mol. The van der Waals surface area contributed by atoms with Gasteiger partial charge < -0.3 is 9.55 Å². The molecule has 1 aromatic heterocycles. The minimum absolute atomic E-state index is 0.635. The number of fused-ring (bicyclic) bond motifs is 1. The quantitative estimate of drug-likeness (QED) is 0.867. The van der Waals surface area contributed by atoms with Crippen molar-refractivity contribution in [3.05, 3.63) is 28.5 Å². The van der Waals surface area contributed by atoms with E-state index < -0.39 is 0 Å². The van der Waals surface area contributed by atoms with Gasteiger partial charge in [0, 0.05) is 12.6 Å². The molecule has 1 aliphatic heterocycles. The molecule has 1 unspecified atom stereocenters. The fraction of sp³-hybridized carbons (Fsp3) is 0.533. The van der Waals surface area contributed by atoms with Crippen LogP contribution >= 0.6 is 12.2 Å². The number of aryl methyl sites for hydroxylation is 1. The summed E-state index contributed by atoms with van der Waals surface area (Å²) < 4.78 is 3.12. The van der Waals surface area contributed by atoms with Crippen LogP contribution in [0.1, 0.15) is 25.3 Å². The van der Waals surface area contributed by atoms with E-state index in [-0.39, 0.29) is 0 Å². The fourth-order valence-electron chi connectivity index (χ4n) is 3.17. The van der Waals surface area contributed by atoms with Crippen LogP contribution in [0, 0.1) is 11.7 Å². The highest BCUT2D eigenvalue weighted by Crippen LogP contribution is 2.22. The Kier molecular flexibility index (Phi) is 3.46. The third-order valence-electron chi connectivity index (χ3n) is 4.23. The molecule has 0 amide bonds. The van der Waals surface area contributed by atoms with E-state index in [2.05, 4.69) is 46.5 Å². The molecule has 0 spiro atoms. The number of hydrogen-bond acceptors (Lipinski definition) is 2. The van der Waals surface area contributed by atoms with Crippen LogP contribution in [0.25, 0.3) is 11.0 Å². The molecule has 0 bridgehead atoms. The van der Waals surface area contributed by atoms with Crippen LogP contribution in [0.15, 0.2) is 18.2 Å². The van der Waals surface area contributed by atoms with Crippen molar-refractivity contribution in [3.63, 3.8) is 0 Å². The van der Waals surface area contributed by atoms with Gasteiger partial charge in [-0.25, -0.2) is 0 Å². The molecule has 3 nitrogen and oxygen atoms in total. The van der Waals surface area contributed by atoms with Crippen LogP contribution in [-0.2, 0) is 6.54 Å². The van der Waals surface area contributed by atoms with E-state index in [0.29, 0.717) is 6.04 Å². The summed E-state index contributed by atoms with van der Waals surface area (Å²) in [5, 5.41) is 0. The van der Waals surface area contributed by atoms with Crippen LogP contribution in [0.4, 0.5) is 0 Å². The summed E-state index contributed by atoms with van der Waals surface area (Å²) in [6.45, 7) is 7.76. The first-order valence-corrected chi connectivity index (χ1v) is 7.53. The van der Waals surface area contributed by atoms with Crippen molar-refractivity contribution in [1.82, 2.24) is 14.5 Å². The van der Waals surface area contributed by atoms with E-state index in [9.17, 15) is 0 Å². The molecule has 19 heavy (non-hydrogen) atoms. The second-order valence-corrected chi connectivity index (χ2v) is 5.87. The monoisotopic (exact) mass is 275 g/mol. The molecule has 0 saturated carbocycles. The summed E-state index contributed by atoms with van der Waals surface area (Å²) in [5.41, 5.74) is 3.68. The molecule has 0 radical (unpaired) electrons. The number of imidazole rings is 1. The molecule has 1 fully saturated rings. The lowest BCUT2D eigenvalue weighted by atomic mass is 10.2. The molecule has 4 heteroatoms. The predicted octanol–water partition coefficient (Wildman–Crippen LogP) is 3.49. The van der Waals surface area contributed by atoms with Gasteiger partial charge in [0.15, 0.2) is 4.77 Å². The molecule has 1 aliphatic rings. The van der Waals surface area contributed by atoms with Gasteiger partial charge in [0.25, 0.3) is 0 Å². The molecule has 3 rings (SSSR count). The average Bonchev–Trinajstić information content (AvgIpc) is 2.96. The van der Waals surface area contributed by atoms with Crippen molar-refractivity contribution >= 4 is 23.3 Å². The average molecular weight is 275 g/mol. The fourth-order valence-corrected chi connectivity index (χ4v) is 3.46. The van der Waals surface area contributed by atoms with Crippen LogP contribution in [0.3, 0.4) is 0 Å². The highest BCUT2D eigenvalue weighted by atomic mass is 32.1. The van der Waals surface area contributed by atoms with Crippen molar-refractivity contribution in [3.8, 4) is 0 Å². The van der Waals surface area contributed by atoms with E-state index in [1.54, 1.807) is 0 Å². The van der Waals surface area contributed by atoms with Gasteiger partial charge in [-0.05, 0) is 62.8 Å². The molecule has 1 N–H and O–H groups in total. The summed E-state index contributed by atoms with van der Waals surface area (Å²) >= 11 is 5.49. The first kappa shape index (κ1) is 12.9. The zero-order chi connectivity index (χ0) is 13.4. The van der Waals surface area contributed by atoms with Crippen molar-refractivity contribution in [1.29, 1.82) is 0 Å². The number of nitrogens with zero attached hydrogens (tertiary/aromatic N) is 2. The Balaban J connectivity index is 1.98. The SMILES string of the molecule is CCN1CCCC1Cn1c(=S)[nH]c2ccc(C)cc21. The van der Waals surface area contributed by atoms with E-state index in [1.165, 1.54) is 30.5 Å². The Bertz CT molecular complexity index is 640. The van der Waals surface area contributed by atoms with Gasteiger partial charge in [0.2, 0.25) is 0 Å². The van der Waals surface area contributed by atoms with Crippen LogP contribution < -0.4 is 0 Å². The van der Waals surface area contributed by atoms with Gasteiger partial charge in [-0.1, -0.05) is 13.0 Å². The number of likely N-dealkylation sites (tertiary alicyclic amines) is 1. The smallest absolute Gasteiger partial charge is 0.178 e. The zero-order valence-electron chi connectivity index (χ0n) is 11.6. The number of nitrogens with one attached hydrogen (secondary N) is 1. The van der Waals surface area contributed by atoms with E-state index in [1.807, 2.05) is 0 Å². The van der Waals surface area contributed by atoms with Gasteiger partial charge >= 0.3 is 0 Å². The summed E-state index contributed by atoms with van der Waals surface area (Å²) in [6, 6.07) is 7.12. The van der Waals surface area contributed by atoms with E-state index in [0.717, 1.165) is 23.4 Å². The first-order valence-electron chi connectivity index (χ1n) is 7.12. The number of H-pyrrole nitrogens is 1. The second kappa shape index (κ2) is 5.10. The lowest BCUT2D eigenvalue weighted by molar-refractivity contribution is 0.245. The van der Waals surface area contributed by atoms with Crippen LogP contribution in [0.5, 0.6) is 0 Å². The molecule has 1 atom stereocenters. The van der Waals surface area contributed by atoms with Crippen molar-refractivity contribution in [2.24, 2.45) is 0 Å². The van der Waals surface area contributed by atoms with Gasteiger partial charge in [0.05, 0.1) is 11.0 Å². The Morgan fingerprint density at radius 2 is 2.26 bits per heavy atom. The number of rotatable bonds is 3. The van der Waals surface area contributed by atoms with Crippen molar-refractivity contribution < 1.29 is 0 Å². The molecule has 1 aromatic carbocycles. The largest absolute Gasteiger partial charge is 0.331 e. The topological polar surface area (TPSA) is 24.0 Å². The van der Waals surface area contributed by atoms with Gasteiger partial charge in [0.1, 0.15) is 0 Å². The summed E-state index contributed by atoms with van der Waals surface area (Å²) in [4.78, 5) is 5.89. The number of aromatic amines is 1. The Morgan fingerprint density at radius 3 is 3.05 bits per heavy atom. The zero-order valence-corrected chi connectivity index (χ0v) is 12.5. The number of likely N-dealkylation sites (N-methyl/N-ethyl adjacent to an activating group) is 1. The first-order chi connectivity index (χ1) is 9.19. The molecule has 2 aromatic rings. The van der Waals surface area contributed by atoms with Gasteiger partial charge in [-0.2, -0.15) is 0 Å². The van der Waals surface area contributed by atoms with Gasteiger partial charge in [-0.3, -0.25) is 4.90 Å². The third-order valence-corrected chi connectivity index (χ3v) is 4.55. The standard InChI is InChI=1S/C15H21N3S/c1-3-17-8-4-5-12(17)10-18-14-9-11(2)6-7-13(14)16-15(18)19/h6-7,9,12H,3-5,8,10H2,1-2H3,(H,16,19). The molecular formula is C15H21N3S. The molecular weight excluding hydrogens is 254 g/mol. The lowest BCUT2D eigenvalue weighted by Crippen LogP contribution is -2.32. The molecule has 2 heterocycles. The Labute approximate surface area is 119 Å². The summed E-state index contributed by atoms with van der Waals surface area (Å²) in [7, 11) is 0. The van der Waals surface area contributed by atoms with Crippen molar-refractivity contribution in [2.45, 2.75) is 39.3 Å². The number of hydrogen-bond donors (Lipinski definition) is 1. The maximum Gasteiger partial charge on any atom is 0.178 e. The highest BCUT2D eigenvalue weighted by molar-refractivity contribution is 7.71. The lowest BCUT2D eigenvalue weighted by Gasteiger charge is -2.23. The normalized spacial score (nSPS) is 20.4.